The van der Waals surface area contributed by atoms with Crippen molar-refractivity contribution in [3.8, 4) is 0 Å². The van der Waals surface area contributed by atoms with Crippen LogP contribution in [0.4, 0.5) is 4.39 Å². The molecule has 0 aromatic heterocycles. The second-order valence-corrected chi connectivity index (χ2v) is 6.22. The maximum atomic E-state index is 13.8. The second kappa shape index (κ2) is 8.29. The Balaban J connectivity index is 2.84. The van der Waals surface area contributed by atoms with E-state index in [0.29, 0.717) is 18.7 Å². The minimum atomic E-state index is -0.308. The van der Waals surface area contributed by atoms with Crippen LogP contribution in [0.2, 0.25) is 0 Å². The van der Waals surface area contributed by atoms with Gasteiger partial charge in [0.25, 0.3) is 0 Å². The van der Waals surface area contributed by atoms with Crippen molar-refractivity contribution >= 4 is 21.8 Å². The number of benzene rings is 1. The van der Waals surface area contributed by atoms with E-state index in [1.165, 1.54) is 6.07 Å². The van der Waals surface area contributed by atoms with E-state index in [0.717, 1.165) is 4.47 Å². The molecule has 0 aliphatic rings. The molecule has 1 rings (SSSR count). The molecule has 116 valence electrons. The van der Waals surface area contributed by atoms with E-state index >= 15 is 0 Å². The van der Waals surface area contributed by atoms with Gasteiger partial charge in [-0.2, -0.15) is 0 Å². The molecule has 21 heavy (non-hydrogen) atoms. The van der Waals surface area contributed by atoms with Crippen LogP contribution in [-0.4, -0.2) is 41.9 Å². The molecule has 0 spiro atoms. The molecule has 1 amide bonds. The highest BCUT2D eigenvalue weighted by Crippen LogP contribution is 2.17. The van der Waals surface area contributed by atoms with E-state index in [-0.39, 0.29) is 24.3 Å². The molecule has 0 bridgehead atoms. The largest absolute Gasteiger partial charge is 0.333 e. The zero-order valence-corrected chi connectivity index (χ0v) is 14.4. The van der Waals surface area contributed by atoms with Crippen LogP contribution in [0.1, 0.15) is 19.4 Å². The molecule has 0 aliphatic carbocycles. The molecule has 0 saturated heterocycles. The number of nitrogens with zero attached hydrogens (tertiary/aromatic N) is 2. The average Bonchev–Trinajstić information content (AvgIpc) is 2.41. The van der Waals surface area contributed by atoms with Gasteiger partial charge in [0.05, 0.1) is 6.54 Å². The van der Waals surface area contributed by atoms with Gasteiger partial charge in [-0.15, -0.1) is 6.58 Å². The summed E-state index contributed by atoms with van der Waals surface area (Å²) in [6, 6.07) is 5.02. The van der Waals surface area contributed by atoms with E-state index in [2.05, 4.69) is 22.5 Å². The second-order valence-electron chi connectivity index (χ2n) is 5.31. The van der Waals surface area contributed by atoms with E-state index in [1.54, 1.807) is 23.1 Å². The van der Waals surface area contributed by atoms with Gasteiger partial charge in [-0.3, -0.25) is 9.69 Å². The molecular weight excluding hydrogens is 335 g/mol. The van der Waals surface area contributed by atoms with Crippen LogP contribution in [0.15, 0.2) is 35.3 Å². The lowest BCUT2D eigenvalue weighted by atomic mass is 10.2. The summed E-state index contributed by atoms with van der Waals surface area (Å²) in [5, 5.41) is 0. The Hall–Kier alpha value is -1.20. The fourth-order valence-corrected chi connectivity index (χ4v) is 2.18. The lowest BCUT2D eigenvalue weighted by Crippen LogP contribution is -2.41. The first-order valence-electron chi connectivity index (χ1n) is 6.88. The fraction of sp³-hybridized carbons (Fsp3) is 0.438. The van der Waals surface area contributed by atoms with Gasteiger partial charge in [0.2, 0.25) is 5.91 Å². The van der Waals surface area contributed by atoms with Crippen molar-refractivity contribution in [3.63, 3.8) is 0 Å². The average molecular weight is 357 g/mol. The minimum absolute atomic E-state index is 0.0366. The molecule has 0 saturated carbocycles. The standard InChI is InChI=1S/C16H22BrFN2O/c1-5-8-20(16(21)11-19(4)12(2)3)10-13-9-14(17)6-7-15(13)18/h5-7,9,12H,1,8,10-11H2,2-4H3. The summed E-state index contributed by atoms with van der Waals surface area (Å²) in [5.74, 6) is -0.345. The van der Waals surface area contributed by atoms with Gasteiger partial charge in [0.1, 0.15) is 5.82 Å². The van der Waals surface area contributed by atoms with Gasteiger partial charge in [-0.05, 0) is 39.1 Å². The summed E-state index contributed by atoms with van der Waals surface area (Å²) in [7, 11) is 1.90. The third-order valence-corrected chi connectivity index (χ3v) is 3.83. The number of carbonyl (C=O) groups is 1. The zero-order chi connectivity index (χ0) is 16.0. The van der Waals surface area contributed by atoms with Crippen LogP contribution in [0.5, 0.6) is 0 Å². The number of hydrogen-bond acceptors (Lipinski definition) is 2. The highest BCUT2D eigenvalue weighted by atomic mass is 79.9. The Bertz CT molecular complexity index is 505. The normalized spacial score (nSPS) is 11.0. The third kappa shape index (κ3) is 5.59. The van der Waals surface area contributed by atoms with Crippen molar-refractivity contribution in [3.05, 3.63) is 46.7 Å². The monoisotopic (exact) mass is 356 g/mol. The quantitative estimate of drug-likeness (QED) is 0.698. The molecule has 0 N–H and O–H groups in total. The predicted octanol–water partition coefficient (Wildman–Crippen LogP) is 3.44. The Morgan fingerprint density at radius 2 is 2.14 bits per heavy atom. The zero-order valence-electron chi connectivity index (χ0n) is 12.8. The first kappa shape index (κ1) is 17.9. The Morgan fingerprint density at radius 3 is 2.71 bits per heavy atom. The SMILES string of the molecule is C=CCN(Cc1cc(Br)ccc1F)C(=O)CN(C)C(C)C. The minimum Gasteiger partial charge on any atom is -0.333 e. The van der Waals surface area contributed by atoms with Crippen molar-refractivity contribution in [2.24, 2.45) is 0 Å². The van der Waals surface area contributed by atoms with Gasteiger partial charge in [0, 0.05) is 29.2 Å². The number of halogens is 2. The lowest BCUT2D eigenvalue weighted by Gasteiger charge is -2.26. The topological polar surface area (TPSA) is 23.6 Å². The van der Waals surface area contributed by atoms with Gasteiger partial charge < -0.3 is 4.90 Å². The molecule has 1 aromatic rings. The van der Waals surface area contributed by atoms with E-state index in [4.69, 9.17) is 0 Å². The highest BCUT2D eigenvalue weighted by Gasteiger charge is 2.17. The Labute approximate surface area is 134 Å². The smallest absolute Gasteiger partial charge is 0.237 e. The summed E-state index contributed by atoms with van der Waals surface area (Å²) < 4.78 is 14.6. The van der Waals surface area contributed by atoms with Crippen LogP contribution in [-0.2, 0) is 11.3 Å². The van der Waals surface area contributed by atoms with Crippen molar-refractivity contribution in [1.82, 2.24) is 9.80 Å². The molecule has 0 atom stereocenters. The first-order valence-corrected chi connectivity index (χ1v) is 7.67. The van der Waals surface area contributed by atoms with Crippen LogP contribution in [0.25, 0.3) is 0 Å². The van der Waals surface area contributed by atoms with Crippen LogP contribution in [0.3, 0.4) is 0 Å². The summed E-state index contributed by atoms with van der Waals surface area (Å²) >= 11 is 3.32. The molecule has 0 aliphatic heterocycles. The number of rotatable bonds is 7. The summed E-state index contributed by atoms with van der Waals surface area (Å²) in [5.41, 5.74) is 0.492. The summed E-state index contributed by atoms with van der Waals surface area (Å²) in [6.07, 6.45) is 1.66. The van der Waals surface area contributed by atoms with Crippen molar-refractivity contribution in [1.29, 1.82) is 0 Å². The third-order valence-electron chi connectivity index (χ3n) is 3.34. The maximum absolute atomic E-state index is 13.8. The number of hydrogen-bond donors (Lipinski definition) is 0. The summed E-state index contributed by atoms with van der Waals surface area (Å²) in [4.78, 5) is 15.9. The van der Waals surface area contributed by atoms with Crippen LogP contribution >= 0.6 is 15.9 Å². The van der Waals surface area contributed by atoms with Crippen molar-refractivity contribution in [2.75, 3.05) is 20.1 Å². The van der Waals surface area contributed by atoms with Gasteiger partial charge in [0.15, 0.2) is 0 Å². The molecule has 3 nitrogen and oxygen atoms in total. The predicted molar refractivity (Wildman–Crippen MR) is 87.5 cm³/mol. The molecule has 0 unspecified atom stereocenters. The molecule has 0 radical (unpaired) electrons. The van der Waals surface area contributed by atoms with Gasteiger partial charge >= 0.3 is 0 Å². The Morgan fingerprint density at radius 1 is 1.48 bits per heavy atom. The fourth-order valence-electron chi connectivity index (χ4n) is 1.78. The van der Waals surface area contributed by atoms with E-state index in [1.807, 2.05) is 25.8 Å². The molecule has 0 fully saturated rings. The lowest BCUT2D eigenvalue weighted by molar-refractivity contribution is -0.132. The Kier molecular flexibility index (Phi) is 7.05. The number of carbonyl (C=O) groups excluding carboxylic acids is 1. The summed E-state index contributed by atoms with van der Waals surface area (Å²) in [6.45, 7) is 8.67. The van der Waals surface area contributed by atoms with Gasteiger partial charge in [-0.1, -0.05) is 22.0 Å². The van der Waals surface area contributed by atoms with E-state index < -0.39 is 0 Å². The van der Waals surface area contributed by atoms with Crippen molar-refractivity contribution in [2.45, 2.75) is 26.4 Å². The maximum Gasteiger partial charge on any atom is 0.237 e. The molecule has 5 heteroatoms. The van der Waals surface area contributed by atoms with Crippen molar-refractivity contribution < 1.29 is 9.18 Å². The molecular formula is C16H22BrFN2O. The molecule has 0 heterocycles. The van der Waals surface area contributed by atoms with Gasteiger partial charge in [-0.25, -0.2) is 4.39 Å². The molecule has 1 aromatic carbocycles. The first-order chi connectivity index (χ1) is 9.85. The number of amides is 1. The number of likely N-dealkylation sites (N-methyl/N-ethyl adjacent to an activating group) is 1. The van der Waals surface area contributed by atoms with Crippen LogP contribution in [0, 0.1) is 5.82 Å². The highest BCUT2D eigenvalue weighted by molar-refractivity contribution is 9.10. The van der Waals surface area contributed by atoms with E-state index in [9.17, 15) is 9.18 Å². The van der Waals surface area contributed by atoms with Crippen LogP contribution < -0.4 is 0 Å².